The number of rotatable bonds is 8. The summed E-state index contributed by atoms with van der Waals surface area (Å²) >= 11 is 0. The molecule has 8 nitrogen and oxygen atoms in total. The molecule has 0 aromatic carbocycles. The Morgan fingerprint density at radius 1 is 0.868 bits per heavy atom. The van der Waals surface area contributed by atoms with Gasteiger partial charge in [0.1, 0.15) is 6.10 Å². The van der Waals surface area contributed by atoms with Gasteiger partial charge in [0, 0.05) is 30.3 Å². The number of hydrogen-bond donors (Lipinski definition) is 3. The first-order valence-corrected chi connectivity index (χ1v) is 21.4. The molecule has 6 fully saturated rings. The highest BCUT2D eigenvalue weighted by Gasteiger charge is 2.70. The SMILES string of the molecule is CC(C)C1=C2[C@H]3CC[C@@H]4[C@@]5(C)CC[C@H](OC(=O)[C@H]6C[C@@H](C(=O)O)C6(C)C)C(C)(C)[C@@H]5CC[C@@]4(C)[C@]3(C)CC[C@@]2(CCNC(=O)[C@@H]2CCCNC2)CC1=O. The molecule has 0 aromatic rings. The topological polar surface area (TPSA) is 122 Å². The van der Waals surface area contributed by atoms with Crippen molar-refractivity contribution >= 4 is 23.6 Å². The van der Waals surface area contributed by atoms with Crippen molar-refractivity contribution in [2.45, 2.75) is 152 Å². The first-order chi connectivity index (χ1) is 24.7. The van der Waals surface area contributed by atoms with E-state index in [1.165, 1.54) is 5.57 Å². The number of nitrogens with one attached hydrogen (secondary N) is 2. The summed E-state index contributed by atoms with van der Waals surface area (Å²) in [5, 5.41) is 16.3. The van der Waals surface area contributed by atoms with E-state index in [2.05, 4.69) is 59.1 Å². The molecular weight excluding hydrogens is 665 g/mol. The number of carboxylic acid groups (broad SMARTS) is 1. The molecule has 1 heterocycles. The zero-order valence-electron chi connectivity index (χ0n) is 34.4. The predicted molar refractivity (Wildman–Crippen MR) is 206 cm³/mol. The number of Topliss-reactive ketones (excluding diaryl/α,β-unsaturated/α-hetero) is 1. The van der Waals surface area contributed by atoms with E-state index in [-0.39, 0.29) is 62.8 Å². The molecule has 0 radical (unpaired) electrons. The van der Waals surface area contributed by atoms with Crippen LogP contribution in [-0.4, -0.2) is 54.5 Å². The van der Waals surface area contributed by atoms with Gasteiger partial charge < -0.3 is 20.5 Å². The summed E-state index contributed by atoms with van der Waals surface area (Å²) < 4.78 is 6.42. The molecule has 0 aromatic heterocycles. The zero-order chi connectivity index (χ0) is 38.5. The Kier molecular flexibility index (Phi) is 9.71. The summed E-state index contributed by atoms with van der Waals surface area (Å²) in [6.07, 6.45) is 12.2. The van der Waals surface area contributed by atoms with Crippen LogP contribution in [0.2, 0.25) is 0 Å². The molecule has 6 aliphatic carbocycles. The number of carbonyl (C=O) groups excluding carboxylic acids is 3. The highest BCUT2D eigenvalue weighted by atomic mass is 16.5. The number of hydrogen-bond acceptors (Lipinski definition) is 6. The van der Waals surface area contributed by atoms with Gasteiger partial charge >= 0.3 is 11.9 Å². The molecule has 7 rings (SSSR count). The van der Waals surface area contributed by atoms with Crippen LogP contribution in [0.25, 0.3) is 0 Å². The van der Waals surface area contributed by atoms with E-state index in [0.717, 1.165) is 89.3 Å². The fraction of sp³-hybridized carbons (Fsp3) is 0.867. The molecule has 1 amide bonds. The quantitative estimate of drug-likeness (QED) is 0.215. The number of carboxylic acids is 1. The summed E-state index contributed by atoms with van der Waals surface area (Å²) in [5.74, 6) is 0.205. The first-order valence-electron chi connectivity index (χ1n) is 21.4. The summed E-state index contributed by atoms with van der Waals surface area (Å²) in [6.45, 7) is 23.0. The highest BCUT2D eigenvalue weighted by Crippen LogP contribution is 2.77. The molecule has 0 unspecified atom stereocenters. The monoisotopic (exact) mass is 735 g/mol. The van der Waals surface area contributed by atoms with Crippen LogP contribution in [0.3, 0.4) is 0 Å². The maximum atomic E-state index is 14.0. The molecule has 8 heteroatoms. The largest absolute Gasteiger partial charge is 0.481 e. The van der Waals surface area contributed by atoms with Gasteiger partial charge in [-0.05, 0) is 134 Å². The summed E-state index contributed by atoms with van der Waals surface area (Å²) in [6, 6.07) is 0. The van der Waals surface area contributed by atoms with E-state index in [1.54, 1.807) is 0 Å². The molecule has 5 saturated carbocycles. The maximum absolute atomic E-state index is 14.0. The Labute approximate surface area is 319 Å². The number of piperidine rings is 1. The third kappa shape index (κ3) is 5.73. The summed E-state index contributed by atoms with van der Waals surface area (Å²) in [5.41, 5.74) is 1.98. The third-order valence-corrected chi connectivity index (χ3v) is 18.2. The standard InChI is InChI=1S/C45H70N2O6/c1-26(2)35-31(48)24-45(20-22-47-37(49)27-11-10-21-46-25-27)19-18-43(8)28(36(35)45)12-13-33-42(7)16-15-34(41(5,6)32(42)14-17-44(33,43)9)53-39(52)30-23-29(38(50)51)40(30,3)4/h26-30,32-34,46H,10-25H2,1-9H3,(H,47,49)(H,50,51)/t27-,28-,29+,30-,32+,33-,34+,42+,43-,44-,45-/m1/s1. The second-order valence-electron chi connectivity index (χ2n) is 21.3. The Morgan fingerprint density at radius 3 is 2.25 bits per heavy atom. The Morgan fingerprint density at radius 2 is 1.60 bits per heavy atom. The van der Waals surface area contributed by atoms with Gasteiger partial charge in [-0.25, -0.2) is 0 Å². The van der Waals surface area contributed by atoms with E-state index in [9.17, 15) is 24.3 Å². The van der Waals surface area contributed by atoms with E-state index in [1.807, 2.05) is 13.8 Å². The van der Waals surface area contributed by atoms with Crippen LogP contribution in [0.5, 0.6) is 0 Å². The molecule has 3 N–H and O–H groups in total. The predicted octanol–water partition coefficient (Wildman–Crippen LogP) is 8.13. The van der Waals surface area contributed by atoms with Crippen LogP contribution < -0.4 is 10.6 Å². The van der Waals surface area contributed by atoms with Crippen molar-refractivity contribution in [3.05, 3.63) is 11.1 Å². The number of esters is 1. The minimum atomic E-state index is -0.822. The van der Waals surface area contributed by atoms with Crippen LogP contribution >= 0.6 is 0 Å². The number of carbonyl (C=O) groups is 4. The number of allylic oxidation sites excluding steroid dienone is 2. The number of amides is 1. The summed E-state index contributed by atoms with van der Waals surface area (Å²) in [4.78, 5) is 52.5. The zero-order valence-corrected chi connectivity index (χ0v) is 34.4. The van der Waals surface area contributed by atoms with Crippen LogP contribution in [0.4, 0.5) is 0 Å². The minimum Gasteiger partial charge on any atom is -0.481 e. The smallest absolute Gasteiger partial charge is 0.309 e. The van der Waals surface area contributed by atoms with Gasteiger partial charge in [0.15, 0.2) is 5.78 Å². The van der Waals surface area contributed by atoms with E-state index in [4.69, 9.17) is 4.74 Å². The van der Waals surface area contributed by atoms with Crippen LogP contribution in [0.15, 0.2) is 11.1 Å². The van der Waals surface area contributed by atoms with Gasteiger partial charge in [-0.1, -0.05) is 67.9 Å². The normalized spacial score (nSPS) is 44.2. The Hall–Kier alpha value is -2.22. The molecule has 7 aliphatic rings. The molecular formula is C45H70N2O6. The molecule has 0 bridgehead atoms. The second-order valence-corrected chi connectivity index (χ2v) is 21.3. The number of fused-ring (bicyclic) bond motifs is 7. The lowest BCUT2D eigenvalue weighted by Gasteiger charge is -2.72. The molecule has 1 saturated heterocycles. The Balaban J connectivity index is 1.11. The van der Waals surface area contributed by atoms with Gasteiger partial charge in [0.25, 0.3) is 0 Å². The van der Waals surface area contributed by atoms with E-state index >= 15 is 0 Å². The third-order valence-electron chi connectivity index (χ3n) is 18.2. The first kappa shape index (κ1) is 39.0. The molecule has 53 heavy (non-hydrogen) atoms. The van der Waals surface area contributed by atoms with Crippen molar-refractivity contribution < 1.29 is 29.0 Å². The number of ether oxygens (including phenoxy) is 1. The van der Waals surface area contributed by atoms with Gasteiger partial charge in [0.2, 0.25) is 5.91 Å². The van der Waals surface area contributed by atoms with Crippen molar-refractivity contribution in [1.29, 1.82) is 0 Å². The van der Waals surface area contributed by atoms with E-state index in [0.29, 0.717) is 42.9 Å². The number of aliphatic carboxylic acids is 1. The average molecular weight is 735 g/mol. The van der Waals surface area contributed by atoms with Crippen LogP contribution in [-0.2, 0) is 23.9 Å². The fourth-order valence-electron chi connectivity index (χ4n) is 14.8. The summed E-state index contributed by atoms with van der Waals surface area (Å²) in [7, 11) is 0. The van der Waals surface area contributed by atoms with Gasteiger partial charge in [-0.15, -0.1) is 0 Å². The van der Waals surface area contributed by atoms with Crippen molar-refractivity contribution in [2.24, 2.45) is 73.9 Å². The average Bonchev–Trinajstić information content (AvgIpc) is 3.38. The minimum absolute atomic E-state index is 0.0441. The van der Waals surface area contributed by atoms with Crippen molar-refractivity contribution in [2.75, 3.05) is 19.6 Å². The van der Waals surface area contributed by atoms with Crippen LogP contribution in [0.1, 0.15) is 146 Å². The second kappa shape index (κ2) is 13.2. The van der Waals surface area contributed by atoms with Crippen molar-refractivity contribution in [3.8, 4) is 0 Å². The van der Waals surface area contributed by atoms with Crippen LogP contribution in [0, 0.1) is 73.9 Å². The van der Waals surface area contributed by atoms with Gasteiger partial charge in [-0.2, -0.15) is 0 Å². The fourth-order valence-corrected chi connectivity index (χ4v) is 14.8. The number of ketones is 1. The van der Waals surface area contributed by atoms with E-state index < -0.39 is 17.3 Å². The molecule has 1 aliphatic heterocycles. The highest BCUT2D eigenvalue weighted by molar-refractivity contribution is 6.00. The lowest BCUT2D eigenvalue weighted by molar-refractivity contribution is -0.236. The maximum Gasteiger partial charge on any atom is 0.309 e. The molecule has 11 atom stereocenters. The van der Waals surface area contributed by atoms with Crippen molar-refractivity contribution in [3.63, 3.8) is 0 Å². The van der Waals surface area contributed by atoms with Gasteiger partial charge in [0.05, 0.1) is 17.8 Å². The lowest BCUT2D eigenvalue weighted by atomic mass is 9.33. The molecule has 296 valence electrons. The lowest BCUT2D eigenvalue weighted by Crippen LogP contribution is -2.66. The molecule has 0 spiro atoms. The Bertz CT molecular complexity index is 1560. The van der Waals surface area contributed by atoms with Crippen molar-refractivity contribution in [1.82, 2.24) is 10.6 Å². The van der Waals surface area contributed by atoms with Gasteiger partial charge in [-0.3, -0.25) is 19.2 Å².